The van der Waals surface area contributed by atoms with Crippen LogP contribution in [0.3, 0.4) is 0 Å². The predicted octanol–water partition coefficient (Wildman–Crippen LogP) is 2.40. The van der Waals surface area contributed by atoms with Gasteiger partial charge in [0.1, 0.15) is 0 Å². The predicted molar refractivity (Wildman–Crippen MR) is 76.7 cm³/mol. The quantitative estimate of drug-likeness (QED) is 0.375. The van der Waals surface area contributed by atoms with Crippen molar-refractivity contribution in [1.29, 1.82) is 0 Å². The SMILES string of the molecule is CCOCN(C)CCCCCCN(C)COCC. The van der Waals surface area contributed by atoms with Crippen LogP contribution in [0.4, 0.5) is 0 Å². The van der Waals surface area contributed by atoms with E-state index in [9.17, 15) is 0 Å². The van der Waals surface area contributed by atoms with Gasteiger partial charge in [-0.25, -0.2) is 0 Å². The van der Waals surface area contributed by atoms with Crippen molar-refractivity contribution in [2.75, 3.05) is 53.9 Å². The Labute approximate surface area is 113 Å². The molecule has 110 valence electrons. The highest BCUT2D eigenvalue weighted by atomic mass is 16.5. The lowest BCUT2D eigenvalue weighted by Gasteiger charge is -2.17. The zero-order valence-corrected chi connectivity index (χ0v) is 12.8. The lowest BCUT2D eigenvalue weighted by atomic mass is 10.2. The molecule has 0 unspecified atom stereocenters. The monoisotopic (exact) mass is 260 g/mol. The maximum Gasteiger partial charge on any atom is 0.0987 e. The van der Waals surface area contributed by atoms with Gasteiger partial charge in [0, 0.05) is 13.2 Å². The van der Waals surface area contributed by atoms with E-state index in [0.717, 1.165) is 39.8 Å². The Balaban J connectivity index is 3.19. The van der Waals surface area contributed by atoms with Crippen molar-refractivity contribution in [2.45, 2.75) is 39.5 Å². The fourth-order valence-corrected chi connectivity index (χ4v) is 1.74. The summed E-state index contributed by atoms with van der Waals surface area (Å²) in [6, 6.07) is 0. The van der Waals surface area contributed by atoms with Crippen LogP contribution in [0, 0.1) is 0 Å². The molecule has 0 fully saturated rings. The fraction of sp³-hybridized carbons (Fsp3) is 1.00. The van der Waals surface area contributed by atoms with Gasteiger partial charge in [-0.3, -0.25) is 9.80 Å². The van der Waals surface area contributed by atoms with Gasteiger partial charge < -0.3 is 9.47 Å². The smallest absolute Gasteiger partial charge is 0.0987 e. The Morgan fingerprint density at radius 2 is 1.06 bits per heavy atom. The van der Waals surface area contributed by atoms with Crippen molar-refractivity contribution in [3.8, 4) is 0 Å². The second kappa shape index (κ2) is 13.3. The lowest BCUT2D eigenvalue weighted by molar-refractivity contribution is 0.0479. The van der Waals surface area contributed by atoms with Gasteiger partial charge >= 0.3 is 0 Å². The van der Waals surface area contributed by atoms with Crippen LogP contribution < -0.4 is 0 Å². The molecule has 0 saturated carbocycles. The van der Waals surface area contributed by atoms with E-state index in [-0.39, 0.29) is 0 Å². The number of unbranched alkanes of at least 4 members (excludes halogenated alkanes) is 3. The molecule has 0 N–H and O–H groups in total. The lowest BCUT2D eigenvalue weighted by Crippen LogP contribution is -2.23. The molecular weight excluding hydrogens is 228 g/mol. The van der Waals surface area contributed by atoms with Crippen molar-refractivity contribution < 1.29 is 9.47 Å². The van der Waals surface area contributed by atoms with E-state index < -0.39 is 0 Å². The van der Waals surface area contributed by atoms with Gasteiger partial charge in [-0.15, -0.1) is 0 Å². The first kappa shape index (κ1) is 17.8. The van der Waals surface area contributed by atoms with Gasteiger partial charge in [0.25, 0.3) is 0 Å². The molecule has 0 aromatic rings. The minimum Gasteiger partial charge on any atom is -0.366 e. The Morgan fingerprint density at radius 3 is 1.39 bits per heavy atom. The Hall–Kier alpha value is -0.160. The summed E-state index contributed by atoms with van der Waals surface area (Å²) < 4.78 is 10.7. The number of hydrogen-bond donors (Lipinski definition) is 0. The van der Waals surface area contributed by atoms with Crippen LogP contribution in [-0.2, 0) is 9.47 Å². The summed E-state index contributed by atoms with van der Waals surface area (Å²) in [6.07, 6.45) is 5.13. The number of nitrogens with zero attached hydrogens (tertiary/aromatic N) is 2. The summed E-state index contributed by atoms with van der Waals surface area (Å²) >= 11 is 0. The minimum absolute atomic E-state index is 0.758. The van der Waals surface area contributed by atoms with Crippen molar-refractivity contribution in [1.82, 2.24) is 9.80 Å². The van der Waals surface area contributed by atoms with Gasteiger partial charge in [0.05, 0.1) is 13.5 Å². The molecule has 0 saturated heterocycles. The van der Waals surface area contributed by atoms with Crippen LogP contribution in [0.25, 0.3) is 0 Å². The highest BCUT2D eigenvalue weighted by molar-refractivity contribution is 4.51. The highest BCUT2D eigenvalue weighted by Gasteiger charge is 1.99. The molecule has 0 amide bonds. The molecule has 0 heterocycles. The third kappa shape index (κ3) is 12.3. The Bertz CT molecular complexity index is 150. The van der Waals surface area contributed by atoms with Crippen molar-refractivity contribution in [2.24, 2.45) is 0 Å². The van der Waals surface area contributed by atoms with E-state index in [1.807, 2.05) is 13.8 Å². The first-order valence-corrected chi connectivity index (χ1v) is 7.23. The van der Waals surface area contributed by atoms with Crippen molar-refractivity contribution in [3.63, 3.8) is 0 Å². The summed E-state index contributed by atoms with van der Waals surface area (Å²) in [6.45, 7) is 9.46. The van der Waals surface area contributed by atoms with Gasteiger partial charge in [-0.2, -0.15) is 0 Å². The molecule has 0 rings (SSSR count). The maximum absolute atomic E-state index is 5.35. The number of hydrogen-bond acceptors (Lipinski definition) is 4. The zero-order chi connectivity index (χ0) is 13.6. The standard InChI is InChI=1S/C14H32N2O2/c1-5-17-13-15(3)11-9-7-8-10-12-16(4)14-18-6-2/h5-14H2,1-4H3. The largest absolute Gasteiger partial charge is 0.366 e. The first-order valence-electron chi connectivity index (χ1n) is 7.23. The van der Waals surface area contributed by atoms with E-state index in [1.165, 1.54) is 25.7 Å². The summed E-state index contributed by atoms with van der Waals surface area (Å²) in [4.78, 5) is 4.48. The molecule has 0 aromatic carbocycles. The van der Waals surface area contributed by atoms with Gasteiger partial charge in [0.2, 0.25) is 0 Å². The molecule has 0 aliphatic carbocycles. The van der Waals surface area contributed by atoms with E-state index in [0.29, 0.717) is 0 Å². The molecule has 0 aliphatic rings. The topological polar surface area (TPSA) is 24.9 Å². The third-order valence-corrected chi connectivity index (χ3v) is 2.86. The van der Waals surface area contributed by atoms with Gasteiger partial charge in [0.15, 0.2) is 0 Å². The van der Waals surface area contributed by atoms with Crippen molar-refractivity contribution in [3.05, 3.63) is 0 Å². The first-order chi connectivity index (χ1) is 8.70. The van der Waals surface area contributed by atoms with E-state index >= 15 is 0 Å². The fourth-order valence-electron chi connectivity index (χ4n) is 1.74. The summed E-state index contributed by atoms with van der Waals surface area (Å²) in [5, 5.41) is 0. The average molecular weight is 260 g/mol. The molecule has 4 nitrogen and oxygen atoms in total. The van der Waals surface area contributed by atoms with Crippen LogP contribution in [0.5, 0.6) is 0 Å². The van der Waals surface area contributed by atoms with Crippen LogP contribution in [0.15, 0.2) is 0 Å². The molecule has 0 radical (unpaired) electrons. The van der Waals surface area contributed by atoms with Gasteiger partial charge in [-0.1, -0.05) is 12.8 Å². The molecule has 0 spiro atoms. The Morgan fingerprint density at radius 1 is 0.667 bits per heavy atom. The Kier molecular flexibility index (Phi) is 13.2. The van der Waals surface area contributed by atoms with Crippen LogP contribution >= 0.6 is 0 Å². The second-order valence-corrected chi connectivity index (χ2v) is 4.82. The van der Waals surface area contributed by atoms with Crippen molar-refractivity contribution >= 4 is 0 Å². The average Bonchev–Trinajstić information content (AvgIpc) is 2.37. The van der Waals surface area contributed by atoms with Crippen LogP contribution in [-0.4, -0.2) is 63.7 Å². The van der Waals surface area contributed by atoms with Crippen LogP contribution in [0.2, 0.25) is 0 Å². The van der Waals surface area contributed by atoms with E-state index in [2.05, 4.69) is 23.9 Å². The molecular formula is C14H32N2O2. The minimum atomic E-state index is 0.758. The van der Waals surface area contributed by atoms with Gasteiger partial charge in [-0.05, 0) is 53.9 Å². The second-order valence-electron chi connectivity index (χ2n) is 4.82. The maximum atomic E-state index is 5.35. The molecule has 18 heavy (non-hydrogen) atoms. The molecule has 0 atom stereocenters. The zero-order valence-electron chi connectivity index (χ0n) is 12.8. The molecule has 4 heteroatoms. The van der Waals surface area contributed by atoms with E-state index in [1.54, 1.807) is 0 Å². The summed E-state index contributed by atoms with van der Waals surface area (Å²) in [7, 11) is 4.23. The molecule has 0 aromatic heterocycles. The van der Waals surface area contributed by atoms with E-state index in [4.69, 9.17) is 9.47 Å². The van der Waals surface area contributed by atoms with Crippen LogP contribution in [0.1, 0.15) is 39.5 Å². The third-order valence-electron chi connectivity index (χ3n) is 2.86. The molecule has 0 aliphatic heterocycles. The summed E-state index contributed by atoms with van der Waals surface area (Å²) in [5.41, 5.74) is 0. The highest BCUT2D eigenvalue weighted by Crippen LogP contribution is 2.02. The summed E-state index contributed by atoms with van der Waals surface area (Å²) in [5.74, 6) is 0. The molecule has 0 bridgehead atoms. The number of ether oxygens (including phenoxy) is 2. The number of rotatable bonds is 13. The normalized spacial score (nSPS) is 11.7.